The second-order valence-electron chi connectivity index (χ2n) is 6.50. The predicted molar refractivity (Wildman–Crippen MR) is 76.4 cm³/mol. The molecule has 1 saturated carbocycles. The molecule has 0 heterocycles. The third-order valence-corrected chi connectivity index (χ3v) is 3.90. The number of nitrogens with one attached hydrogen (secondary N) is 1. The maximum atomic E-state index is 3.53. The van der Waals surface area contributed by atoms with E-state index < -0.39 is 0 Å². The van der Waals surface area contributed by atoms with E-state index in [0.29, 0.717) is 5.41 Å². The maximum absolute atomic E-state index is 3.53. The summed E-state index contributed by atoms with van der Waals surface area (Å²) in [5, 5.41) is 3.53. The zero-order chi connectivity index (χ0) is 12.9. The van der Waals surface area contributed by atoms with Crippen molar-refractivity contribution >= 4 is 0 Å². The third-order valence-electron chi connectivity index (χ3n) is 3.90. The lowest BCUT2D eigenvalue weighted by Gasteiger charge is -2.36. The second kappa shape index (κ2) is 6.75. The quantitative estimate of drug-likeness (QED) is 0.666. The molecule has 0 saturated heterocycles. The molecule has 0 amide bonds. The molecular weight excluding hydrogens is 208 g/mol. The number of nitrogens with zero attached hydrogens (tertiary/aromatic N) is 1. The molecule has 0 bridgehead atoms. The molecule has 17 heavy (non-hydrogen) atoms. The van der Waals surface area contributed by atoms with Crippen molar-refractivity contribution in [1.82, 2.24) is 10.2 Å². The van der Waals surface area contributed by atoms with Crippen molar-refractivity contribution < 1.29 is 0 Å². The van der Waals surface area contributed by atoms with Crippen molar-refractivity contribution in [3.8, 4) is 0 Å². The first-order chi connectivity index (χ1) is 8.00. The van der Waals surface area contributed by atoms with Crippen LogP contribution < -0.4 is 5.32 Å². The minimum absolute atomic E-state index is 0.438. The first kappa shape index (κ1) is 15.0. The topological polar surface area (TPSA) is 15.3 Å². The Morgan fingerprint density at radius 1 is 1.29 bits per heavy atom. The van der Waals surface area contributed by atoms with Gasteiger partial charge >= 0.3 is 0 Å². The fourth-order valence-electron chi connectivity index (χ4n) is 2.46. The van der Waals surface area contributed by atoms with Gasteiger partial charge in [-0.3, -0.25) is 4.90 Å². The molecule has 0 aliphatic heterocycles. The fraction of sp³-hybridized carbons (Fsp3) is 1.00. The van der Waals surface area contributed by atoms with Crippen LogP contribution in [0.1, 0.15) is 53.9 Å². The van der Waals surface area contributed by atoms with Gasteiger partial charge in [0, 0.05) is 25.7 Å². The second-order valence-corrected chi connectivity index (χ2v) is 6.50. The third kappa shape index (κ3) is 5.39. The molecule has 2 nitrogen and oxygen atoms in total. The van der Waals surface area contributed by atoms with E-state index in [1.807, 2.05) is 0 Å². The highest BCUT2D eigenvalue weighted by Crippen LogP contribution is 2.32. The van der Waals surface area contributed by atoms with E-state index in [1.165, 1.54) is 32.4 Å². The van der Waals surface area contributed by atoms with Gasteiger partial charge in [0.05, 0.1) is 0 Å². The number of hydrogen-bond acceptors (Lipinski definition) is 2. The van der Waals surface area contributed by atoms with Gasteiger partial charge in [-0.2, -0.15) is 0 Å². The van der Waals surface area contributed by atoms with Crippen molar-refractivity contribution in [2.45, 2.75) is 59.9 Å². The van der Waals surface area contributed by atoms with Gasteiger partial charge in [0.1, 0.15) is 0 Å². The van der Waals surface area contributed by atoms with E-state index in [1.54, 1.807) is 0 Å². The number of hydrogen-bond donors (Lipinski definition) is 1. The Labute approximate surface area is 108 Å². The largest absolute Gasteiger partial charge is 0.316 e. The van der Waals surface area contributed by atoms with Crippen LogP contribution in [-0.2, 0) is 0 Å². The normalized spacial score (nSPS) is 19.9. The van der Waals surface area contributed by atoms with Crippen molar-refractivity contribution in [3.05, 3.63) is 0 Å². The van der Waals surface area contributed by atoms with Gasteiger partial charge in [-0.1, -0.05) is 34.6 Å². The van der Waals surface area contributed by atoms with Gasteiger partial charge in [0.2, 0.25) is 0 Å². The van der Waals surface area contributed by atoms with Gasteiger partial charge in [0.25, 0.3) is 0 Å². The first-order valence-electron chi connectivity index (χ1n) is 7.45. The molecule has 1 unspecified atom stereocenters. The van der Waals surface area contributed by atoms with Crippen LogP contribution in [0.3, 0.4) is 0 Å². The van der Waals surface area contributed by atoms with Crippen molar-refractivity contribution in [1.29, 1.82) is 0 Å². The molecule has 1 N–H and O–H groups in total. The minimum Gasteiger partial charge on any atom is -0.316 e. The van der Waals surface area contributed by atoms with Crippen LogP contribution in [0.25, 0.3) is 0 Å². The Kier molecular flexibility index (Phi) is 5.94. The van der Waals surface area contributed by atoms with E-state index >= 15 is 0 Å². The SMILES string of the molecule is CCNCC(C)(CC)CN(CC(C)C)C1CC1. The molecule has 1 aliphatic carbocycles. The highest BCUT2D eigenvalue weighted by molar-refractivity contribution is 4.89. The van der Waals surface area contributed by atoms with Crippen LogP contribution in [0.4, 0.5) is 0 Å². The van der Waals surface area contributed by atoms with Gasteiger partial charge < -0.3 is 5.32 Å². The zero-order valence-corrected chi connectivity index (χ0v) is 12.6. The summed E-state index contributed by atoms with van der Waals surface area (Å²) < 4.78 is 0. The molecule has 0 aromatic heterocycles. The molecule has 0 spiro atoms. The summed E-state index contributed by atoms with van der Waals surface area (Å²) in [7, 11) is 0. The van der Waals surface area contributed by atoms with Crippen LogP contribution in [-0.4, -0.2) is 37.1 Å². The van der Waals surface area contributed by atoms with Gasteiger partial charge in [0.15, 0.2) is 0 Å². The highest BCUT2D eigenvalue weighted by atomic mass is 15.2. The highest BCUT2D eigenvalue weighted by Gasteiger charge is 2.34. The van der Waals surface area contributed by atoms with Crippen LogP contribution in [0.15, 0.2) is 0 Å². The van der Waals surface area contributed by atoms with Crippen LogP contribution in [0.5, 0.6) is 0 Å². The summed E-state index contributed by atoms with van der Waals surface area (Å²) in [6, 6.07) is 0.893. The number of rotatable bonds is 9. The Morgan fingerprint density at radius 2 is 1.94 bits per heavy atom. The van der Waals surface area contributed by atoms with E-state index in [4.69, 9.17) is 0 Å². The van der Waals surface area contributed by atoms with Crippen LogP contribution in [0, 0.1) is 11.3 Å². The molecule has 0 aromatic carbocycles. The first-order valence-corrected chi connectivity index (χ1v) is 7.45. The average molecular weight is 240 g/mol. The zero-order valence-electron chi connectivity index (χ0n) is 12.6. The standard InChI is InChI=1S/C15H32N2/c1-6-15(5,11-16-7-2)12-17(10-13(3)4)14-8-9-14/h13-14,16H,6-12H2,1-5H3. The monoisotopic (exact) mass is 240 g/mol. The Balaban J connectivity index is 2.49. The van der Waals surface area contributed by atoms with E-state index in [0.717, 1.165) is 25.0 Å². The summed E-state index contributed by atoms with van der Waals surface area (Å²) in [4.78, 5) is 2.74. The van der Waals surface area contributed by atoms with Crippen molar-refractivity contribution in [3.63, 3.8) is 0 Å². The van der Waals surface area contributed by atoms with Gasteiger partial charge in [-0.25, -0.2) is 0 Å². The minimum atomic E-state index is 0.438. The lowest BCUT2D eigenvalue weighted by atomic mass is 9.86. The molecular formula is C15H32N2. The Hall–Kier alpha value is -0.0800. The summed E-state index contributed by atoms with van der Waals surface area (Å²) in [6.45, 7) is 16.4. The average Bonchev–Trinajstić information content (AvgIpc) is 3.09. The molecule has 1 aliphatic rings. The predicted octanol–water partition coefficient (Wildman–Crippen LogP) is 3.13. The lowest BCUT2D eigenvalue weighted by Crippen LogP contribution is -2.44. The van der Waals surface area contributed by atoms with Crippen LogP contribution >= 0.6 is 0 Å². The van der Waals surface area contributed by atoms with Crippen molar-refractivity contribution in [2.75, 3.05) is 26.2 Å². The molecule has 102 valence electrons. The van der Waals surface area contributed by atoms with Crippen molar-refractivity contribution in [2.24, 2.45) is 11.3 Å². The Morgan fingerprint density at radius 3 is 2.35 bits per heavy atom. The van der Waals surface area contributed by atoms with Gasteiger partial charge in [-0.15, -0.1) is 0 Å². The molecule has 2 heteroatoms. The summed E-state index contributed by atoms with van der Waals surface area (Å²) >= 11 is 0. The lowest BCUT2D eigenvalue weighted by molar-refractivity contribution is 0.136. The van der Waals surface area contributed by atoms with Gasteiger partial charge in [-0.05, 0) is 37.1 Å². The van der Waals surface area contributed by atoms with E-state index in [2.05, 4.69) is 44.8 Å². The van der Waals surface area contributed by atoms with Crippen LogP contribution in [0.2, 0.25) is 0 Å². The molecule has 1 atom stereocenters. The van der Waals surface area contributed by atoms with E-state index in [9.17, 15) is 0 Å². The fourth-order valence-corrected chi connectivity index (χ4v) is 2.46. The molecule has 1 fully saturated rings. The summed E-state index contributed by atoms with van der Waals surface area (Å²) in [6.07, 6.45) is 4.11. The maximum Gasteiger partial charge on any atom is 0.00967 e. The molecule has 1 rings (SSSR count). The van der Waals surface area contributed by atoms with E-state index in [-0.39, 0.29) is 0 Å². The molecule has 0 radical (unpaired) electrons. The summed E-state index contributed by atoms with van der Waals surface area (Å²) in [5.74, 6) is 0.788. The molecule has 0 aromatic rings. The smallest absolute Gasteiger partial charge is 0.00967 e. The Bertz CT molecular complexity index is 211. The summed E-state index contributed by atoms with van der Waals surface area (Å²) in [5.41, 5.74) is 0.438.